The molecule has 0 aliphatic rings. The Hall–Kier alpha value is -1.69. The zero-order chi connectivity index (χ0) is 11.3. The minimum Gasteiger partial charge on any atom is -0.378 e. The standard InChI is InChI=1S/C12H17N3/c1-4-10(9-13)14-11-5-7-12(8-6-11)15(2)3/h5-8,10,14H,4H2,1-3H3. The summed E-state index contributed by atoms with van der Waals surface area (Å²) in [4.78, 5) is 2.05. The van der Waals surface area contributed by atoms with Crippen molar-refractivity contribution in [3.05, 3.63) is 24.3 Å². The van der Waals surface area contributed by atoms with Crippen LogP contribution in [0.2, 0.25) is 0 Å². The third-order valence-electron chi connectivity index (χ3n) is 2.29. The first-order chi connectivity index (χ1) is 7.17. The fraction of sp³-hybridized carbons (Fsp3) is 0.417. The Bertz CT molecular complexity index is 335. The Kier molecular flexibility index (Phi) is 3.99. The van der Waals surface area contributed by atoms with Crippen LogP contribution in [0.1, 0.15) is 13.3 Å². The molecule has 0 heterocycles. The van der Waals surface area contributed by atoms with E-state index >= 15 is 0 Å². The molecule has 1 N–H and O–H groups in total. The van der Waals surface area contributed by atoms with Crippen molar-refractivity contribution in [1.82, 2.24) is 0 Å². The molecule has 0 aromatic heterocycles. The van der Waals surface area contributed by atoms with Crippen LogP contribution in [0.5, 0.6) is 0 Å². The SMILES string of the molecule is CCC(C#N)Nc1ccc(N(C)C)cc1. The molecule has 1 aromatic rings. The molecule has 0 saturated carbocycles. The van der Waals surface area contributed by atoms with Gasteiger partial charge < -0.3 is 10.2 Å². The van der Waals surface area contributed by atoms with Crippen molar-refractivity contribution in [1.29, 1.82) is 5.26 Å². The normalized spacial score (nSPS) is 11.6. The molecule has 0 aliphatic carbocycles. The smallest absolute Gasteiger partial charge is 0.114 e. The van der Waals surface area contributed by atoms with Crippen LogP contribution in [0.3, 0.4) is 0 Å². The second-order valence-electron chi connectivity index (χ2n) is 3.68. The van der Waals surface area contributed by atoms with Crippen LogP contribution in [0.15, 0.2) is 24.3 Å². The molecule has 0 spiro atoms. The topological polar surface area (TPSA) is 39.1 Å². The summed E-state index contributed by atoms with van der Waals surface area (Å²) in [5.74, 6) is 0. The predicted molar refractivity (Wildman–Crippen MR) is 64.1 cm³/mol. The Morgan fingerprint density at radius 2 is 1.93 bits per heavy atom. The number of hydrogen-bond acceptors (Lipinski definition) is 3. The van der Waals surface area contributed by atoms with Gasteiger partial charge in [0.1, 0.15) is 6.04 Å². The van der Waals surface area contributed by atoms with Gasteiger partial charge in [-0.05, 0) is 30.7 Å². The van der Waals surface area contributed by atoms with E-state index in [9.17, 15) is 0 Å². The first-order valence-corrected chi connectivity index (χ1v) is 5.11. The van der Waals surface area contributed by atoms with Crippen molar-refractivity contribution < 1.29 is 0 Å². The Morgan fingerprint density at radius 1 is 1.33 bits per heavy atom. The number of anilines is 2. The highest BCUT2D eigenvalue weighted by Crippen LogP contribution is 2.16. The number of benzene rings is 1. The molecule has 0 radical (unpaired) electrons. The van der Waals surface area contributed by atoms with Gasteiger partial charge in [0.05, 0.1) is 6.07 Å². The first kappa shape index (κ1) is 11.4. The lowest BCUT2D eigenvalue weighted by Gasteiger charge is -2.14. The minimum atomic E-state index is -0.102. The highest BCUT2D eigenvalue weighted by molar-refractivity contribution is 5.55. The molecule has 0 fully saturated rings. The lowest BCUT2D eigenvalue weighted by Crippen LogP contribution is -2.15. The van der Waals surface area contributed by atoms with Crippen LogP contribution in [-0.4, -0.2) is 20.1 Å². The number of hydrogen-bond donors (Lipinski definition) is 1. The number of nitrogens with one attached hydrogen (secondary N) is 1. The summed E-state index contributed by atoms with van der Waals surface area (Å²) in [5, 5.41) is 12.0. The maximum absolute atomic E-state index is 8.81. The molecule has 1 aromatic carbocycles. The lowest BCUT2D eigenvalue weighted by molar-refractivity contribution is 0.845. The van der Waals surface area contributed by atoms with Crippen molar-refractivity contribution in [3.8, 4) is 6.07 Å². The van der Waals surface area contributed by atoms with E-state index in [1.807, 2.05) is 50.2 Å². The number of rotatable bonds is 4. The monoisotopic (exact) mass is 203 g/mol. The Balaban J connectivity index is 2.69. The van der Waals surface area contributed by atoms with Gasteiger partial charge in [-0.1, -0.05) is 6.92 Å². The Morgan fingerprint density at radius 3 is 2.33 bits per heavy atom. The lowest BCUT2D eigenvalue weighted by atomic mass is 10.2. The van der Waals surface area contributed by atoms with Gasteiger partial charge in [-0.15, -0.1) is 0 Å². The van der Waals surface area contributed by atoms with E-state index in [0.29, 0.717) is 0 Å². The number of nitriles is 1. The van der Waals surface area contributed by atoms with Gasteiger partial charge >= 0.3 is 0 Å². The largest absolute Gasteiger partial charge is 0.378 e. The second-order valence-corrected chi connectivity index (χ2v) is 3.68. The highest BCUT2D eigenvalue weighted by atomic mass is 15.1. The molecular formula is C12H17N3. The molecule has 15 heavy (non-hydrogen) atoms. The molecule has 1 atom stereocenters. The highest BCUT2D eigenvalue weighted by Gasteiger charge is 2.03. The molecule has 1 rings (SSSR count). The van der Waals surface area contributed by atoms with Crippen molar-refractivity contribution in [2.24, 2.45) is 0 Å². The van der Waals surface area contributed by atoms with Crippen LogP contribution in [0.4, 0.5) is 11.4 Å². The van der Waals surface area contributed by atoms with Crippen LogP contribution < -0.4 is 10.2 Å². The first-order valence-electron chi connectivity index (χ1n) is 5.11. The van der Waals surface area contributed by atoms with Crippen LogP contribution >= 0.6 is 0 Å². The average molecular weight is 203 g/mol. The summed E-state index contributed by atoms with van der Waals surface area (Å²) < 4.78 is 0. The minimum absolute atomic E-state index is 0.102. The quantitative estimate of drug-likeness (QED) is 0.817. The van der Waals surface area contributed by atoms with Gasteiger partial charge in [-0.2, -0.15) is 5.26 Å². The zero-order valence-electron chi connectivity index (χ0n) is 9.49. The maximum Gasteiger partial charge on any atom is 0.114 e. The molecule has 3 heteroatoms. The summed E-state index contributed by atoms with van der Waals surface area (Å²) in [6, 6.07) is 10.2. The average Bonchev–Trinajstić information content (AvgIpc) is 2.26. The molecule has 1 unspecified atom stereocenters. The fourth-order valence-corrected chi connectivity index (χ4v) is 1.28. The summed E-state index contributed by atoms with van der Waals surface area (Å²) in [7, 11) is 4.01. The third kappa shape index (κ3) is 3.17. The van der Waals surface area contributed by atoms with Crippen LogP contribution in [-0.2, 0) is 0 Å². The van der Waals surface area contributed by atoms with Crippen molar-refractivity contribution in [2.75, 3.05) is 24.3 Å². The molecule has 0 bridgehead atoms. The van der Waals surface area contributed by atoms with E-state index in [-0.39, 0.29) is 6.04 Å². The van der Waals surface area contributed by atoms with Gasteiger partial charge in [0.25, 0.3) is 0 Å². The van der Waals surface area contributed by atoms with E-state index in [1.165, 1.54) is 0 Å². The van der Waals surface area contributed by atoms with E-state index in [0.717, 1.165) is 17.8 Å². The Labute approximate surface area is 91.3 Å². The van der Waals surface area contributed by atoms with Crippen molar-refractivity contribution in [2.45, 2.75) is 19.4 Å². The van der Waals surface area contributed by atoms with E-state index < -0.39 is 0 Å². The predicted octanol–water partition coefficient (Wildman–Crippen LogP) is 2.47. The fourth-order valence-electron chi connectivity index (χ4n) is 1.28. The van der Waals surface area contributed by atoms with Crippen molar-refractivity contribution >= 4 is 11.4 Å². The molecule has 0 saturated heterocycles. The van der Waals surface area contributed by atoms with Gasteiger partial charge in [0.2, 0.25) is 0 Å². The van der Waals surface area contributed by atoms with Gasteiger partial charge in [0, 0.05) is 25.5 Å². The van der Waals surface area contributed by atoms with Crippen LogP contribution in [0.25, 0.3) is 0 Å². The maximum atomic E-state index is 8.81. The molecule has 80 valence electrons. The summed E-state index contributed by atoms with van der Waals surface area (Å²) >= 11 is 0. The van der Waals surface area contributed by atoms with Gasteiger partial charge in [-0.3, -0.25) is 0 Å². The van der Waals surface area contributed by atoms with Crippen LogP contribution in [0, 0.1) is 11.3 Å². The van der Waals surface area contributed by atoms with E-state index in [1.54, 1.807) is 0 Å². The number of nitrogens with zero attached hydrogens (tertiary/aromatic N) is 2. The molecule has 0 aliphatic heterocycles. The van der Waals surface area contributed by atoms with Crippen molar-refractivity contribution in [3.63, 3.8) is 0 Å². The molecular weight excluding hydrogens is 186 g/mol. The molecule has 3 nitrogen and oxygen atoms in total. The summed E-state index contributed by atoms with van der Waals surface area (Å²) in [5.41, 5.74) is 2.15. The third-order valence-corrected chi connectivity index (χ3v) is 2.29. The van der Waals surface area contributed by atoms with E-state index in [4.69, 9.17) is 5.26 Å². The zero-order valence-corrected chi connectivity index (χ0v) is 9.49. The molecule has 0 amide bonds. The van der Waals surface area contributed by atoms with E-state index in [2.05, 4.69) is 11.4 Å². The second kappa shape index (κ2) is 5.26. The summed E-state index contributed by atoms with van der Waals surface area (Å²) in [6.45, 7) is 2.00. The van der Waals surface area contributed by atoms with Gasteiger partial charge in [-0.25, -0.2) is 0 Å². The van der Waals surface area contributed by atoms with Gasteiger partial charge in [0.15, 0.2) is 0 Å². The summed E-state index contributed by atoms with van der Waals surface area (Å²) in [6.07, 6.45) is 0.811.